The number of piperidine rings is 2. The van der Waals surface area contributed by atoms with Crippen molar-refractivity contribution in [1.29, 1.82) is 0 Å². The molecule has 8 amide bonds. The Labute approximate surface area is 666 Å². The van der Waals surface area contributed by atoms with E-state index in [1.54, 1.807) is 54.9 Å². The van der Waals surface area contributed by atoms with E-state index in [0.717, 1.165) is 73.2 Å². The van der Waals surface area contributed by atoms with Crippen molar-refractivity contribution in [2.75, 3.05) is 43.1 Å². The summed E-state index contributed by atoms with van der Waals surface area (Å²) in [6, 6.07) is 20.4. The Bertz CT molecular complexity index is 5030. The first kappa shape index (κ1) is 83.5. The van der Waals surface area contributed by atoms with E-state index in [0.29, 0.717) is 76.8 Å². The molecule has 4 aromatic heterocycles. The van der Waals surface area contributed by atoms with Crippen molar-refractivity contribution in [1.82, 2.24) is 49.5 Å². The van der Waals surface area contributed by atoms with Gasteiger partial charge in [-0.2, -0.15) is 0 Å². The largest absolute Gasteiger partial charge is 0.484 e. The second kappa shape index (κ2) is 37.1. The lowest BCUT2D eigenvalue weighted by atomic mass is 9.97. The van der Waals surface area contributed by atoms with Gasteiger partial charge in [-0.15, -0.1) is 0 Å². The molecule has 0 spiro atoms. The van der Waals surface area contributed by atoms with Gasteiger partial charge in [-0.1, -0.05) is 92.1 Å². The van der Waals surface area contributed by atoms with E-state index in [1.807, 2.05) is 6.07 Å². The summed E-state index contributed by atoms with van der Waals surface area (Å²) >= 11 is 12.4. The molecular weight excluding hydrogens is 1540 g/mol. The van der Waals surface area contributed by atoms with Gasteiger partial charge in [0.1, 0.15) is 115 Å². The maximum absolute atomic E-state index is 13.3. The third kappa shape index (κ3) is 18.3. The minimum absolute atomic E-state index is 0.0495. The molecule has 8 aromatic rings. The normalized spacial score (nSPS) is 22.3. The number of aliphatic hydroxyl groups excluding tert-OH is 6. The lowest BCUT2D eigenvalue weighted by Crippen LogP contribution is -2.54. The van der Waals surface area contributed by atoms with Gasteiger partial charge < -0.3 is 86.3 Å². The maximum Gasteiger partial charge on any atom is 0.341 e. The summed E-state index contributed by atoms with van der Waals surface area (Å²) in [4.78, 5) is 141. The Kier molecular flexibility index (Phi) is 26.9. The SMILES string of the molecule is NCCCCCCCc1cccc2c1C(=O)N(C1CCC(=O)NC1=O)C2=O.Nc1ncnc2c1ccn2[C@@H]1O[C@H]([C@H](O)c2ccc(Cl)c(OCC(=O)CCCCCCCNc3cccc4c3C(=O)N(C3CCC(=O)NC3=O)C4=O)c2)[C@@H](O)[C@H]1O.Nc1ncnc2c1ccn2[C@@H]1O[C@H]([C@H](O)c2ccc(Cl)c(OCC(=O)O)c2)[C@@H](O)[C@H]1O. The average Bonchev–Trinajstić information content (AvgIpc) is 1.62. The highest BCUT2D eigenvalue weighted by Gasteiger charge is 2.51. The van der Waals surface area contributed by atoms with Crippen molar-refractivity contribution in [3.8, 4) is 11.5 Å². The molecular formula is C78H86Cl2N14O21. The maximum atomic E-state index is 13.3. The molecule has 10 heterocycles. The number of carbonyl (C=O) groups excluding carboxylic acids is 9. The zero-order valence-electron chi connectivity index (χ0n) is 61.9. The van der Waals surface area contributed by atoms with E-state index < -0.39 is 127 Å². The second-order valence-corrected chi connectivity index (χ2v) is 29.2. The number of aliphatic hydroxyl groups is 6. The molecule has 12 atom stereocenters. The number of nitrogens with zero attached hydrogens (tertiary/aromatic N) is 8. The molecule has 0 radical (unpaired) electrons. The number of nitrogens with one attached hydrogen (secondary N) is 3. The Morgan fingerprint density at radius 3 is 1.55 bits per heavy atom. The van der Waals surface area contributed by atoms with Crippen molar-refractivity contribution in [2.45, 2.75) is 176 Å². The molecule has 35 nitrogen and oxygen atoms in total. The van der Waals surface area contributed by atoms with Gasteiger partial charge in [0.05, 0.1) is 43.1 Å². The lowest BCUT2D eigenvalue weighted by Gasteiger charge is -2.27. The van der Waals surface area contributed by atoms with E-state index in [-0.39, 0.29) is 93.9 Å². The number of hydrogen-bond donors (Lipinski definition) is 13. The summed E-state index contributed by atoms with van der Waals surface area (Å²) in [7, 11) is 0. The fraction of sp³-hybridized carbons (Fsp3) is 0.410. The predicted molar refractivity (Wildman–Crippen MR) is 410 cm³/mol. The number of carbonyl (C=O) groups is 10. The van der Waals surface area contributed by atoms with Crippen molar-refractivity contribution in [3.63, 3.8) is 0 Å². The van der Waals surface area contributed by atoms with E-state index in [1.165, 1.54) is 58.2 Å². The van der Waals surface area contributed by atoms with Crippen LogP contribution in [0.1, 0.15) is 179 Å². The van der Waals surface area contributed by atoms with Gasteiger partial charge in [0.15, 0.2) is 24.8 Å². The third-order valence-electron chi connectivity index (χ3n) is 20.8. The number of fused-ring (bicyclic) bond motifs is 4. The minimum Gasteiger partial charge on any atom is -0.484 e. The van der Waals surface area contributed by atoms with Gasteiger partial charge in [0, 0.05) is 43.9 Å². The number of Topliss-reactive ketones (excluding diaryl/α,β-unsaturated/α-hetero) is 1. The fourth-order valence-corrected chi connectivity index (χ4v) is 15.1. The summed E-state index contributed by atoms with van der Waals surface area (Å²) in [5.74, 6) is -4.64. The number of ether oxygens (including phenoxy) is 4. The number of carboxylic acids is 1. The molecule has 0 bridgehead atoms. The Hall–Kier alpha value is -11.0. The highest BCUT2D eigenvalue weighted by Crippen LogP contribution is 2.43. The Morgan fingerprint density at radius 2 is 1.03 bits per heavy atom. The van der Waals surface area contributed by atoms with E-state index in [2.05, 4.69) is 35.9 Å². The number of amides is 8. The van der Waals surface area contributed by atoms with Gasteiger partial charge in [-0.05, 0) is 123 Å². The van der Waals surface area contributed by atoms with Crippen LogP contribution in [0.25, 0.3) is 22.1 Å². The summed E-state index contributed by atoms with van der Waals surface area (Å²) in [5, 5.41) is 82.7. The number of benzene rings is 4. The number of carboxylic acid groups (broad SMARTS) is 1. The third-order valence-corrected chi connectivity index (χ3v) is 21.4. The number of aliphatic carboxylic acids is 1. The topological polar surface area (TPSA) is 531 Å². The van der Waals surface area contributed by atoms with E-state index in [9.17, 15) is 78.6 Å². The molecule has 608 valence electrons. The van der Waals surface area contributed by atoms with Crippen LogP contribution in [0.5, 0.6) is 11.5 Å². The number of nitrogens with two attached hydrogens (primary N) is 3. The van der Waals surface area contributed by atoms with Gasteiger partial charge in [0.2, 0.25) is 23.6 Å². The molecule has 0 saturated carbocycles. The second-order valence-electron chi connectivity index (χ2n) is 28.4. The van der Waals surface area contributed by atoms with Crippen molar-refractivity contribution in [3.05, 3.63) is 159 Å². The van der Waals surface area contributed by atoms with Crippen molar-refractivity contribution < 1.29 is 103 Å². The number of aryl methyl sites for hydroxylation is 1. The smallest absolute Gasteiger partial charge is 0.341 e. The predicted octanol–water partition coefficient (Wildman–Crippen LogP) is 4.84. The molecule has 4 fully saturated rings. The van der Waals surface area contributed by atoms with E-state index in [4.69, 9.17) is 64.5 Å². The van der Waals surface area contributed by atoms with Crippen LogP contribution >= 0.6 is 23.2 Å². The number of nitrogen functional groups attached to an aromatic ring is 2. The number of rotatable bonds is 30. The fourth-order valence-electron chi connectivity index (χ4n) is 14.8. The van der Waals surface area contributed by atoms with Crippen LogP contribution in [-0.2, 0) is 44.7 Å². The summed E-state index contributed by atoms with van der Waals surface area (Å²) in [6.45, 7) is 0.398. The first-order valence-electron chi connectivity index (χ1n) is 37.5. The number of anilines is 3. The van der Waals surface area contributed by atoms with E-state index >= 15 is 0 Å². The number of imide groups is 4. The Balaban J connectivity index is 0.000000176. The molecule has 16 N–H and O–H groups in total. The van der Waals surface area contributed by atoms with Crippen LogP contribution in [0, 0.1) is 0 Å². The first-order valence-corrected chi connectivity index (χ1v) is 38.3. The molecule has 2 unspecified atom stereocenters. The summed E-state index contributed by atoms with van der Waals surface area (Å²) in [6.07, 6.45) is 3.36. The highest BCUT2D eigenvalue weighted by atomic mass is 35.5. The number of ketones is 1. The monoisotopic (exact) mass is 1620 g/mol. The molecule has 14 rings (SSSR count). The molecule has 6 aliphatic rings. The number of halogens is 2. The molecule has 4 saturated heterocycles. The lowest BCUT2D eigenvalue weighted by molar-refractivity contribution is -0.139. The van der Waals surface area contributed by atoms with Crippen molar-refractivity contribution >= 4 is 122 Å². The summed E-state index contributed by atoms with van der Waals surface area (Å²) < 4.78 is 25.6. The van der Waals surface area contributed by atoms with Crippen LogP contribution in [0.15, 0.2) is 110 Å². The number of aromatic nitrogens is 6. The number of unbranched alkanes of at least 4 members (excludes halogenated alkanes) is 8. The van der Waals surface area contributed by atoms with Gasteiger partial charge in [0.25, 0.3) is 23.6 Å². The van der Waals surface area contributed by atoms with Crippen LogP contribution < -0.4 is 42.6 Å². The van der Waals surface area contributed by atoms with Gasteiger partial charge >= 0.3 is 5.97 Å². The first-order chi connectivity index (χ1) is 55.3. The molecule has 4 aromatic carbocycles. The highest BCUT2D eigenvalue weighted by molar-refractivity contribution is 6.32. The van der Waals surface area contributed by atoms with Crippen LogP contribution in [0.4, 0.5) is 17.3 Å². The molecule has 115 heavy (non-hydrogen) atoms. The van der Waals surface area contributed by atoms with Crippen LogP contribution in [0.2, 0.25) is 10.0 Å². The average molecular weight is 1630 g/mol. The zero-order valence-corrected chi connectivity index (χ0v) is 63.4. The standard InChI is InChI=1S/C39H42ClN7O10.C20H25N3O4.C19H19ClN4O7/c40-24-11-10-20(30(50)33-31(51)32(52)39(57-33)46-16-14-23-34(41)43-19-44-35(23)46)17-27(24)56-18-21(48)7-4-2-1-3-5-15-42-25-9-6-8-22-29(25)38(55)47(37(22)54)26-12-13-28(49)45-36(26)53;21-12-5-3-1-2-4-7-13-8-6-9-14-17(13)20(27)23(19(14)26)15-10-11-16(24)22-18(15)25;20-10-2-1-8(5-11(10)30-6-12(25)26)13(27)16-14(28)15(29)19(31-16)24-4-3-9-17(21)22-7-23-18(9)24/h6,8-11,14,16-17,19,26,30-33,39,42,50-52H,1-5,7,12-13,15,18H2,(H2,41,43,44)(H,45,49,53);6,8-9,15H,1-5,7,10-12,21H2,(H,22,24,25);1-5,7,13-16,19,27-29H,6H2,(H,25,26)(H2,21,22,23)/t26?,30-,31+,32-,33-,39-;;13-,14+,15-,16-,19-/m1.1/s1. The molecule has 0 aliphatic carbocycles. The van der Waals surface area contributed by atoms with Gasteiger partial charge in [-0.3, -0.25) is 63.6 Å². The van der Waals surface area contributed by atoms with Crippen molar-refractivity contribution in [2.24, 2.45) is 5.73 Å². The van der Waals surface area contributed by atoms with Crippen LogP contribution in [-0.4, -0.2) is 209 Å². The molecule has 6 aliphatic heterocycles. The summed E-state index contributed by atoms with van der Waals surface area (Å²) in [5.41, 5.74) is 21.1. The Morgan fingerprint density at radius 1 is 0.565 bits per heavy atom. The van der Waals surface area contributed by atoms with Gasteiger partial charge in [-0.25, -0.2) is 24.7 Å². The molecule has 37 heteroatoms. The zero-order chi connectivity index (χ0) is 82.1. The van der Waals surface area contributed by atoms with Crippen LogP contribution in [0.3, 0.4) is 0 Å². The minimum atomic E-state index is -1.46. The number of hydrogen-bond acceptors (Lipinski definition) is 28. The quantitative estimate of drug-likeness (QED) is 0.0211.